The van der Waals surface area contributed by atoms with Gasteiger partial charge in [0.1, 0.15) is 0 Å². The lowest BCUT2D eigenvalue weighted by Crippen LogP contribution is -2.51. The number of carbonyl (C=O) groups is 1. The molecule has 1 atom stereocenters. The number of piperidine rings is 1. The number of rotatable bonds is 3. The Bertz CT molecular complexity index is 915. The molecule has 150 valence electrons. The zero-order valence-electron chi connectivity index (χ0n) is 17.2. The van der Waals surface area contributed by atoms with Crippen LogP contribution in [0, 0.1) is 19.3 Å². The summed E-state index contributed by atoms with van der Waals surface area (Å²) in [7, 11) is 0. The van der Waals surface area contributed by atoms with Crippen molar-refractivity contribution in [2.24, 2.45) is 10.4 Å². The summed E-state index contributed by atoms with van der Waals surface area (Å²) in [6.45, 7) is 10.6. The molecule has 1 aromatic heterocycles. The van der Waals surface area contributed by atoms with E-state index in [4.69, 9.17) is 4.99 Å². The smallest absolute Gasteiger partial charge is 0.220 e. The van der Waals surface area contributed by atoms with Gasteiger partial charge in [0.25, 0.3) is 0 Å². The first-order valence-corrected chi connectivity index (χ1v) is 10.4. The van der Waals surface area contributed by atoms with Gasteiger partial charge >= 0.3 is 0 Å². The van der Waals surface area contributed by atoms with Gasteiger partial charge in [-0.15, -0.1) is 0 Å². The number of hydrogen-bond donors (Lipinski definition) is 3. The number of carbonyl (C=O) groups excluding carboxylic acids is 1. The molecule has 6 heteroatoms. The average molecular weight is 382 g/mol. The summed E-state index contributed by atoms with van der Waals surface area (Å²) in [5.74, 6) is 1.15. The molecule has 3 N–H and O–H groups in total. The van der Waals surface area contributed by atoms with Gasteiger partial charge < -0.3 is 20.5 Å². The highest BCUT2D eigenvalue weighted by Gasteiger charge is 2.42. The van der Waals surface area contributed by atoms with Crippen molar-refractivity contribution in [1.82, 2.24) is 20.5 Å². The second-order valence-corrected chi connectivity index (χ2v) is 8.40. The molecule has 6 nitrogen and oxygen atoms in total. The van der Waals surface area contributed by atoms with E-state index in [9.17, 15) is 4.79 Å². The van der Waals surface area contributed by atoms with Gasteiger partial charge in [0, 0.05) is 54.6 Å². The maximum absolute atomic E-state index is 11.8. The zero-order valence-corrected chi connectivity index (χ0v) is 17.2. The molecule has 28 heavy (non-hydrogen) atoms. The Morgan fingerprint density at radius 1 is 1.36 bits per heavy atom. The van der Waals surface area contributed by atoms with Crippen molar-refractivity contribution < 1.29 is 4.79 Å². The van der Waals surface area contributed by atoms with Crippen molar-refractivity contribution in [1.29, 1.82) is 0 Å². The Kier molecular flexibility index (Phi) is 5.04. The third-order valence-corrected chi connectivity index (χ3v) is 6.28. The minimum Gasteiger partial charge on any atom is -0.358 e. The van der Waals surface area contributed by atoms with Crippen LogP contribution in [0.2, 0.25) is 0 Å². The zero-order chi connectivity index (χ0) is 19.7. The highest BCUT2D eigenvalue weighted by atomic mass is 16.1. The van der Waals surface area contributed by atoms with Gasteiger partial charge in [-0.2, -0.15) is 0 Å². The predicted molar refractivity (Wildman–Crippen MR) is 113 cm³/mol. The van der Waals surface area contributed by atoms with E-state index in [1.54, 1.807) is 0 Å². The van der Waals surface area contributed by atoms with E-state index in [0.29, 0.717) is 13.0 Å². The number of nitrogens with zero attached hydrogens (tertiary/aromatic N) is 2. The van der Waals surface area contributed by atoms with Crippen molar-refractivity contribution in [2.75, 3.05) is 26.2 Å². The number of aliphatic imine (C=N–C) groups is 1. The molecule has 1 aromatic carbocycles. The first-order valence-electron chi connectivity index (χ1n) is 10.4. The van der Waals surface area contributed by atoms with E-state index in [1.165, 1.54) is 27.7 Å². The van der Waals surface area contributed by atoms with Gasteiger partial charge in [0.2, 0.25) is 5.91 Å². The largest absolute Gasteiger partial charge is 0.358 e. The minimum atomic E-state index is 0.0736. The van der Waals surface area contributed by atoms with E-state index < -0.39 is 0 Å². The van der Waals surface area contributed by atoms with Crippen LogP contribution in [0.15, 0.2) is 23.2 Å². The number of H-pyrrole nitrogens is 1. The molecule has 1 spiro atoms. The molecule has 0 saturated carbocycles. The Morgan fingerprint density at radius 3 is 2.96 bits per heavy atom. The second-order valence-electron chi connectivity index (χ2n) is 8.40. The molecule has 1 unspecified atom stereocenters. The number of benzene rings is 1. The van der Waals surface area contributed by atoms with Gasteiger partial charge in [-0.1, -0.05) is 6.07 Å². The summed E-state index contributed by atoms with van der Waals surface area (Å²) in [5.41, 5.74) is 5.01. The van der Waals surface area contributed by atoms with Gasteiger partial charge in [-0.3, -0.25) is 4.79 Å². The number of likely N-dealkylation sites (tertiary alicyclic amines) is 1. The molecular formula is C22H31N5O. The van der Waals surface area contributed by atoms with Gasteiger partial charge in [-0.25, -0.2) is 4.99 Å². The quantitative estimate of drug-likeness (QED) is 0.565. The van der Waals surface area contributed by atoms with Crippen LogP contribution in [-0.4, -0.2) is 47.9 Å². The molecule has 0 radical (unpaired) electrons. The van der Waals surface area contributed by atoms with Crippen LogP contribution < -0.4 is 10.6 Å². The lowest BCUT2D eigenvalue weighted by molar-refractivity contribution is -0.119. The molecule has 0 bridgehead atoms. The van der Waals surface area contributed by atoms with E-state index in [0.717, 1.165) is 45.0 Å². The lowest BCUT2D eigenvalue weighted by Gasteiger charge is -2.40. The Hall–Kier alpha value is -2.50. The molecule has 2 saturated heterocycles. The molecular weight excluding hydrogens is 350 g/mol. The molecule has 3 heterocycles. The Morgan fingerprint density at radius 2 is 2.21 bits per heavy atom. The lowest BCUT2D eigenvalue weighted by atomic mass is 9.79. The fourth-order valence-electron chi connectivity index (χ4n) is 4.63. The summed E-state index contributed by atoms with van der Waals surface area (Å²) < 4.78 is 0. The van der Waals surface area contributed by atoms with Crippen LogP contribution in [0.5, 0.6) is 0 Å². The normalized spacial score (nSPS) is 22.9. The molecule has 2 fully saturated rings. The second kappa shape index (κ2) is 7.49. The number of amides is 1. The van der Waals surface area contributed by atoms with E-state index in [1.807, 2.05) is 0 Å². The van der Waals surface area contributed by atoms with E-state index in [-0.39, 0.29) is 11.3 Å². The summed E-state index contributed by atoms with van der Waals surface area (Å²) in [6.07, 6.45) is 2.86. The van der Waals surface area contributed by atoms with Crippen LogP contribution in [0.4, 0.5) is 0 Å². The summed E-state index contributed by atoms with van der Waals surface area (Å²) in [4.78, 5) is 22.5. The van der Waals surface area contributed by atoms with Crippen LogP contribution in [0.25, 0.3) is 10.9 Å². The SMILES string of the molecule is CCNC(=NCc1ccc2[nH]c(C)c(C)c2c1)N1CCCC2(CNC(=O)C2)C1. The monoisotopic (exact) mass is 381 g/mol. The standard InChI is InChI=1S/C22H31N5O/c1-4-23-21(27-9-5-8-22(14-27)11-20(28)25-13-22)24-12-17-6-7-19-18(10-17)15(2)16(3)26-19/h6-7,10,26H,4-5,8-9,11-14H2,1-3H3,(H,23,24)(H,25,28). The number of hydrogen-bond acceptors (Lipinski definition) is 2. The van der Waals surface area contributed by atoms with Gasteiger partial charge in [-0.05, 0) is 56.9 Å². The number of guanidine groups is 1. The fourth-order valence-corrected chi connectivity index (χ4v) is 4.63. The number of fused-ring (bicyclic) bond motifs is 1. The predicted octanol–water partition coefficient (Wildman–Crippen LogP) is 2.85. The summed E-state index contributed by atoms with van der Waals surface area (Å²) in [6, 6.07) is 6.55. The number of nitrogens with one attached hydrogen (secondary N) is 3. The molecule has 0 aliphatic carbocycles. The van der Waals surface area contributed by atoms with Crippen molar-refractivity contribution in [2.45, 2.75) is 46.6 Å². The molecule has 2 aliphatic rings. The first kappa shape index (κ1) is 18.8. The van der Waals surface area contributed by atoms with E-state index in [2.05, 4.69) is 59.5 Å². The number of aromatic amines is 1. The molecule has 2 aliphatic heterocycles. The molecule has 2 aromatic rings. The average Bonchev–Trinajstić information content (AvgIpc) is 3.18. The van der Waals surface area contributed by atoms with Gasteiger partial charge in [0.05, 0.1) is 6.54 Å². The van der Waals surface area contributed by atoms with Gasteiger partial charge in [0.15, 0.2) is 5.96 Å². The highest BCUT2D eigenvalue weighted by molar-refractivity contribution is 5.85. The summed E-state index contributed by atoms with van der Waals surface area (Å²) in [5, 5.41) is 7.76. The highest BCUT2D eigenvalue weighted by Crippen LogP contribution is 2.36. The minimum absolute atomic E-state index is 0.0736. The number of aryl methyl sites for hydroxylation is 2. The third-order valence-electron chi connectivity index (χ3n) is 6.28. The first-order chi connectivity index (χ1) is 13.5. The van der Waals surface area contributed by atoms with Crippen molar-refractivity contribution in [3.05, 3.63) is 35.0 Å². The van der Waals surface area contributed by atoms with Crippen molar-refractivity contribution in [3.8, 4) is 0 Å². The molecule has 1 amide bonds. The Labute approximate surface area is 166 Å². The van der Waals surface area contributed by atoms with Crippen LogP contribution in [0.3, 0.4) is 0 Å². The van der Waals surface area contributed by atoms with E-state index >= 15 is 0 Å². The Balaban J connectivity index is 1.53. The summed E-state index contributed by atoms with van der Waals surface area (Å²) >= 11 is 0. The topological polar surface area (TPSA) is 72.5 Å². The van der Waals surface area contributed by atoms with Crippen LogP contribution >= 0.6 is 0 Å². The van der Waals surface area contributed by atoms with Crippen LogP contribution in [-0.2, 0) is 11.3 Å². The maximum atomic E-state index is 11.8. The van der Waals surface area contributed by atoms with Crippen LogP contribution in [0.1, 0.15) is 43.0 Å². The third kappa shape index (κ3) is 3.60. The van der Waals surface area contributed by atoms with Crippen molar-refractivity contribution >= 4 is 22.8 Å². The number of aromatic nitrogens is 1. The van der Waals surface area contributed by atoms with Crippen molar-refractivity contribution in [3.63, 3.8) is 0 Å². The fraction of sp³-hybridized carbons (Fsp3) is 0.545. The molecule has 4 rings (SSSR count). The maximum Gasteiger partial charge on any atom is 0.220 e.